The summed E-state index contributed by atoms with van der Waals surface area (Å²) in [6, 6.07) is 4.28. The summed E-state index contributed by atoms with van der Waals surface area (Å²) in [4.78, 5) is 41.0. The molecule has 1 saturated carbocycles. The first-order chi connectivity index (χ1) is 18.9. The van der Waals surface area contributed by atoms with Crippen molar-refractivity contribution >= 4 is 29.4 Å². The highest BCUT2D eigenvalue weighted by molar-refractivity contribution is 6.30. The number of nitrogens with zero attached hydrogens (tertiary/aromatic N) is 1. The molecule has 2 atom stereocenters. The minimum absolute atomic E-state index is 0.0306. The van der Waals surface area contributed by atoms with Gasteiger partial charge in [0.25, 0.3) is 0 Å². The number of carbonyl (C=O) groups is 3. The lowest BCUT2D eigenvalue weighted by atomic mass is 9.98. The van der Waals surface area contributed by atoms with Crippen molar-refractivity contribution < 1.29 is 19.1 Å². The van der Waals surface area contributed by atoms with Crippen LogP contribution < -0.4 is 16.4 Å². The molecule has 214 valence electrons. The topological polar surface area (TPSA) is 114 Å². The van der Waals surface area contributed by atoms with E-state index < -0.39 is 12.1 Å². The van der Waals surface area contributed by atoms with Crippen molar-refractivity contribution in [2.24, 2.45) is 5.73 Å². The Hall–Kier alpha value is -2.68. The van der Waals surface area contributed by atoms with E-state index >= 15 is 0 Å². The number of nitrogens with two attached hydrogens (primary N) is 1. The summed E-state index contributed by atoms with van der Waals surface area (Å²) in [6.45, 7) is 3.04. The summed E-state index contributed by atoms with van der Waals surface area (Å²) in [5, 5.41) is 6.68. The van der Waals surface area contributed by atoms with Crippen molar-refractivity contribution in [1.82, 2.24) is 15.5 Å². The molecule has 4 N–H and O–H groups in total. The summed E-state index contributed by atoms with van der Waals surface area (Å²) >= 11 is 6.14. The van der Waals surface area contributed by atoms with Crippen LogP contribution in [0.15, 0.2) is 42.5 Å². The second kappa shape index (κ2) is 16.4. The molecule has 2 aliphatic rings. The van der Waals surface area contributed by atoms with Crippen LogP contribution in [-0.4, -0.2) is 54.0 Å². The molecular formula is C30H43ClN4O4. The van der Waals surface area contributed by atoms with Gasteiger partial charge in [-0.3, -0.25) is 19.7 Å². The third-order valence-electron chi connectivity index (χ3n) is 7.38. The van der Waals surface area contributed by atoms with Gasteiger partial charge in [-0.25, -0.2) is 0 Å². The number of amides is 2. The van der Waals surface area contributed by atoms with E-state index in [9.17, 15) is 14.4 Å². The lowest BCUT2D eigenvalue weighted by Crippen LogP contribution is -2.53. The maximum absolute atomic E-state index is 13.7. The van der Waals surface area contributed by atoms with Gasteiger partial charge in [0.15, 0.2) is 0 Å². The lowest BCUT2D eigenvalue weighted by Gasteiger charge is -2.29. The standard InChI is InChI=1S/C30H43ClN4O4/c1-2-3-4-5-9-13-26(33-21-28(36)39-25-11-7-6-8-12-25)30(38)35-17-10-14-27(35)29(37)34-20-23-18-24(31)16-15-22(23)19-32/h2-5,15-16,18,25-27,33H,6-14,17,19-21,32H2,1H3,(H,34,37)/b3-2-,5-4+/t26-,27+/m1/s1. The van der Waals surface area contributed by atoms with Crippen molar-refractivity contribution in [3.05, 3.63) is 58.7 Å². The zero-order valence-electron chi connectivity index (χ0n) is 23.0. The SMILES string of the molecule is C/C=C\C=C\CC[C@@H](NCC(=O)OC1CCCCC1)C(=O)N1CCC[C@H]1C(=O)NCc1cc(Cl)ccc1CN. The molecule has 0 radical (unpaired) electrons. The molecule has 2 amide bonds. The van der Waals surface area contributed by atoms with Crippen molar-refractivity contribution in [2.45, 2.75) is 96.0 Å². The number of ether oxygens (including phenoxy) is 1. The average Bonchev–Trinajstić information content (AvgIpc) is 3.44. The molecule has 0 spiro atoms. The van der Waals surface area contributed by atoms with Gasteiger partial charge in [-0.2, -0.15) is 0 Å². The van der Waals surface area contributed by atoms with Gasteiger partial charge in [-0.1, -0.05) is 48.4 Å². The maximum Gasteiger partial charge on any atom is 0.320 e. The van der Waals surface area contributed by atoms with Crippen molar-refractivity contribution in [1.29, 1.82) is 0 Å². The first kappa shape index (κ1) is 30.9. The molecule has 1 heterocycles. The number of halogens is 1. The molecule has 2 fully saturated rings. The van der Waals surface area contributed by atoms with E-state index in [4.69, 9.17) is 22.1 Å². The van der Waals surface area contributed by atoms with Gasteiger partial charge in [0.2, 0.25) is 11.8 Å². The summed E-state index contributed by atoms with van der Waals surface area (Å²) in [7, 11) is 0. The average molecular weight is 559 g/mol. The molecule has 1 aromatic carbocycles. The van der Waals surface area contributed by atoms with Gasteiger partial charge in [0.1, 0.15) is 12.1 Å². The first-order valence-corrected chi connectivity index (χ1v) is 14.6. The largest absolute Gasteiger partial charge is 0.461 e. The number of nitrogens with one attached hydrogen (secondary N) is 2. The summed E-state index contributed by atoms with van der Waals surface area (Å²) < 4.78 is 5.63. The number of likely N-dealkylation sites (tertiary alicyclic amines) is 1. The number of esters is 1. The summed E-state index contributed by atoms with van der Waals surface area (Å²) in [6.07, 6.45) is 15.4. The highest BCUT2D eigenvalue weighted by Gasteiger charge is 2.37. The number of hydrogen-bond donors (Lipinski definition) is 3. The van der Waals surface area contributed by atoms with E-state index in [0.717, 1.165) is 43.2 Å². The Morgan fingerprint density at radius 1 is 1.13 bits per heavy atom. The molecule has 3 rings (SSSR count). The lowest BCUT2D eigenvalue weighted by molar-refractivity contribution is -0.150. The molecule has 1 saturated heterocycles. The van der Waals surface area contributed by atoms with Crippen LogP contribution >= 0.6 is 11.6 Å². The highest BCUT2D eigenvalue weighted by Crippen LogP contribution is 2.22. The molecule has 1 aliphatic carbocycles. The monoisotopic (exact) mass is 558 g/mol. The zero-order chi connectivity index (χ0) is 28.0. The Kier molecular flexibility index (Phi) is 13.0. The van der Waals surface area contributed by atoms with Crippen molar-refractivity contribution in [3.63, 3.8) is 0 Å². The minimum atomic E-state index is -0.593. The van der Waals surface area contributed by atoms with E-state index in [-0.39, 0.29) is 37.0 Å². The molecule has 39 heavy (non-hydrogen) atoms. The Labute approximate surface area is 237 Å². The molecule has 0 aromatic heterocycles. The van der Waals surface area contributed by atoms with Gasteiger partial charge in [-0.15, -0.1) is 0 Å². The van der Waals surface area contributed by atoms with Gasteiger partial charge < -0.3 is 20.7 Å². The van der Waals surface area contributed by atoms with Crippen molar-refractivity contribution in [2.75, 3.05) is 13.1 Å². The second-order valence-electron chi connectivity index (χ2n) is 10.2. The molecule has 0 bridgehead atoms. The predicted molar refractivity (Wildman–Crippen MR) is 154 cm³/mol. The van der Waals surface area contributed by atoms with Crippen LogP contribution in [0.1, 0.15) is 75.8 Å². The molecule has 1 aliphatic heterocycles. The number of allylic oxidation sites excluding steroid dienone is 4. The van der Waals surface area contributed by atoms with Gasteiger partial charge in [0.05, 0.1) is 12.6 Å². The van der Waals surface area contributed by atoms with Crippen molar-refractivity contribution in [3.8, 4) is 0 Å². The Morgan fingerprint density at radius 2 is 1.92 bits per heavy atom. The fourth-order valence-electron chi connectivity index (χ4n) is 5.24. The smallest absolute Gasteiger partial charge is 0.320 e. The van der Waals surface area contributed by atoms with Crippen LogP contribution in [0, 0.1) is 0 Å². The third kappa shape index (κ3) is 9.78. The minimum Gasteiger partial charge on any atom is -0.461 e. The van der Waals surface area contributed by atoms with Gasteiger partial charge in [-0.05, 0) is 81.5 Å². The van der Waals surface area contributed by atoms with E-state index in [1.54, 1.807) is 17.0 Å². The summed E-state index contributed by atoms with van der Waals surface area (Å²) in [5.74, 6) is -0.702. The second-order valence-corrected chi connectivity index (χ2v) is 10.7. The fraction of sp³-hybridized carbons (Fsp3) is 0.567. The molecular weight excluding hydrogens is 516 g/mol. The van der Waals surface area contributed by atoms with Gasteiger partial charge in [0, 0.05) is 24.7 Å². The van der Waals surface area contributed by atoms with Crippen LogP contribution in [0.25, 0.3) is 0 Å². The van der Waals surface area contributed by atoms with Crippen LogP contribution in [0.4, 0.5) is 0 Å². The molecule has 0 unspecified atom stereocenters. The maximum atomic E-state index is 13.7. The molecule has 1 aromatic rings. The van der Waals surface area contributed by atoms with E-state index in [1.807, 2.05) is 37.3 Å². The Morgan fingerprint density at radius 3 is 2.67 bits per heavy atom. The Bertz CT molecular complexity index is 1020. The summed E-state index contributed by atoms with van der Waals surface area (Å²) in [5.41, 5.74) is 7.61. The quantitative estimate of drug-likeness (QED) is 0.247. The predicted octanol–water partition coefficient (Wildman–Crippen LogP) is 4.15. The van der Waals surface area contributed by atoms with E-state index in [0.29, 0.717) is 37.4 Å². The van der Waals surface area contributed by atoms with Crippen LogP contribution in [-0.2, 0) is 32.2 Å². The third-order valence-corrected chi connectivity index (χ3v) is 7.62. The first-order valence-electron chi connectivity index (χ1n) is 14.2. The molecule has 8 nitrogen and oxygen atoms in total. The molecule has 9 heteroatoms. The number of benzene rings is 1. The normalized spacial score (nSPS) is 19.1. The van der Waals surface area contributed by atoms with Crippen LogP contribution in [0.2, 0.25) is 5.02 Å². The highest BCUT2D eigenvalue weighted by atomic mass is 35.5. The number of hydrogen-bond acceptors (Lipinski definition) is 6. The Balaban J connectivity index is 1.61. The van der Waals surface area contributed by atoms with Crippen LogP contribution in [0.3, 0.4) is 0 Å². The van der Waals surface area contributed by atoms with E-state index in [2.05, 4.69) is 10.6 Å². The fourth-order valence-corrected chi connectivity index (χ4v) is 5.44. The van der Waals surface area contributed by atoms with Gasteiger partial charge >= 0.3 is 5.97 Å². The number of rotatable bonds is 13. The number of carbonyl (C=O) groups excluding carboxylic acids is 3. The van der Waals surface area contributed by atoms with E-state index in [1.165, 1.54) is 6.42 Å². The zero-order valence-corrected chi connectivity index (χ0v) is 23.8. The van der Waals surface area contributed by atoms with Crippen LogP contribution in [0.5, 0.6) is 0 Å².